The fourth-order valence-corrected chi connectivity index (χ4v) is 2.31. The molecule has 0 spiro atoms. The van der Waals surface area contributed by atoms with E-state index < -0.39 is 11.5 Å². The van der Waals surface area contributed by atoms with Gasteiger partial charge < -0.3 is 9.74 Å². The fourth-order valence-electron chi connectivity index (χ4n) is 2.31. The summed E-state index contributed by atoms with van der Waals surface area (Å²) in [5, 5.41) is 3.97. The van der Waals surface area contributed by atoms with E-state index in [1.807, 2.05) is 56.3 Å². The van der Waals surface area contributed by atoms with E-state index >= 15 is 0 Å². The zero-order valence-corrected chi connectivity index (χ0v) is 12.7. The van der Waals surface area contributed by atoms with E-state index in [4.69, 9.17) is 4.84 Å². The predicted octanol–water partition coefficient (Wildman–Crippen LogP) is 2.27. The summed E-state index contributed by atoms with van der Waals surface area (Å²) < 4.78 is 0. The lowest BCUT2D eigenvalue weighted by Crippen LogP contribution is -2.44. The van der Waals surface area contributed by atoms with E-state index in [0.29, 0.717) is 18.6 Å². The molecule has 1 aromatic rings. The lowest BCUT2D eigenvalue weighted by molar-refractivity contribution is -0.144. The van der Waals surface area contributed by atoms with Gasteiger partial charge in [-0.15, -0.1) is 0 Å². The molecule has 0 amide bonds. The molecule has 0 bridgehead atoms. The van der Waals surface area contributed by atoms with Gasteiger partial charge in [0.05, 0.1) is 12.1 Å². The summed E-state index contributed by atoms with van der Waals surface area (Å²) in [5.74, 6) is -0.395. The first-order chi connectivity index (χ1) is 10.1. The van der Waals surface area contributed by atoms with Gasteiger partial charge in [-0.2, -0.15) is 0 Å². The van der Waals surface area contributed by atoms with E-state index in [2.05, 4.69) is 10.1 Å². The monoisotopic (exact) mass is 287 g/mol. The highest BCUT2D eigenvalue weighted by molar-refractivity contribution is 6.15. The molecule has 0 aromatic heterocycles. The fraction of sp³-hybridized carbons (Fsp3) is 0.438. The van der Waals surface area contributed by atoms with Crippen molar-refractivity contribution in [1.82, 2.24) is 4.90 Å². The quantitative estimate of drug-likeness (QED) is 0.458. The molecule has 1 aliphatic rings. The van der Waals surface area contributed by atoms with Crippen LogP contribution in [0.1, 0.15) is 25.3 Å². The number of carbonyl (C=O) groups is 1. The molecule has 1 heterocycles. The smallest absolute Gasteiger partial charge is 0.368 e. The highest BCUT2D eigenvalue weighted by Crippen LogP contribution is 2.29. The predicted molar refractivity (Wildman–Crippen MR) is 83.5 cm³/mol. The van der Waals surface area contributed by atoms with Crippen molar-refractivity contribution in [2.75, 3.05) is 14.1 Å². The summed E-state index contributed by atoms with van der Waals surface area (Å²) in [6, 6.07) is 9.84. The van der Waals surface area contributed by atoms with E-state index in [0.717, 1.165) is 12.0 Å². The molecule has 0 aliphatic carbocycles. The Morgan fingerprint density at radius 1 is 1.33 bits per heavy atom. The highest BCUT2D eigenvalue weighted by atomic mass is 16.7. The minimum absolute atomic E-state index is 0.395. The van der Waals surface area contributed by atoms with Crippen molar-refractivity contribution in [2.24, 2.45) is 10.1 Å². The van der Waals surface area contributed by atoms with Crippen LogP contribution in [0.2, 0.25) is 0 Å². The van der Waals surface area contributed by atoms with Crippen LogP contribution < -0.4 is 0 Å². The van der Waals surface area contributed by atoms with Gasteiger partial charge in [-0.25, -0.2) is 4.79 Å². The maximum Gasteiger partial charge on any atom is 0.368 e. The van der Waals surface area contributed by atoms with Crippen LogP contribution in [-0.2, 0) is 16.1 Å². The second-order valence-electron chi connectivity index (χ2n) is 5.40. The Labute approximate surface area is 125 Å². The van der Waals surface area contributed by atoms with Crippen molar-refractivity contribution in [1.29, 1.82) is 0 Å². The molecular weight excluding hydrogens is 266 g/mol. The number of hydrogen-bond acceptors (Lipinski definition) is 4. The van der Waals surface area contributed by atoms with Crippen LogP contribution >= 0.6 is 0 Å². The van der Waals surface area contributed by atoms with Crippen LogP contribution in [0.4, 0.5) is 0 Å². The maximum absolute atomic E-state index is 12.3. The summed E-state index contributed by atoms with van der Waals surface area (Å²) in [6.07, 6.45) is 3.71. The molecule has 0 fully saturated rings. The van der Waals surface area contributed by atoms with Crippen LogP contribution in [-0.4, -0.2) is 42.6 Å². The van der Waals surface area contributed by atoms with Crippen LogP contribution in [0.25, 0.3) is 0 Å². The molecule has 2 rings (SSSR count). The molecule has 112 valence electrons. The number of benzene rings is 1. The van der Waals surface area contributed by atoms with Gasteiger partial charge in [0.1, 0.15) is 0 Å². The Bertz CT molecular complexity index is 552. The second kappa shape index (κ2) is 6.52. The summed E-state index contributed by atoms with van der Waals surface area (Å²) >= 11 is 0. The number of nitrogens with zero attached hydrogens (tertiary/aromatic N) is 3. The van der Waals surface area contributed by atoms with E-state index in [9.17, 15) is 4.79 Å². The van der Waals surface area contributed by atoms with Gasteiger partial charge in [-0.1, -0.05) is 48.8 Å². The van der Waals surface area contributed by atoms with Gasteiger partial charge in [-0.3, -0.25) is 4.99 Å². The molecule has 0 radical (unpaired) electrons. The zero-order chi connectivity index (χ0) is 15.3. The van der Waals surface area contributed by atoms with Crippen molar-refractivity contribution in [3.63, 3.8) is 0 Å². The van der Waals surface area contributed by atoms with Gasteiger partial charge in [0.15, 0.2) is 0 Å². The first-order valence-electron chi connectivity index (χ1n) is 7.13. The normalized spacial score (nSPS) is 21.5. The molecular formula is C16H21N3O2. The summed E-state index contributed by atoms with van der Waals surface area (Å²) in [7, 11) is 3.74. The first kappa shape index (κ1) is 15.2. The minimum atomic E-state index is -1.03. The van der Waals surface area contributed by atoms with Gasteiger partial charge in [0.25, 0.3) is 0 Å². The minimum Gasteiger partial charge on any atom is -0.369 e. The van der Waals surface area contributed by atoms with Gasteiger partial charge in [0, 0.05) is 20.5 Å². The van der Waals surface area contributed by atoms with Gasteiger partial charge in [0.2, 0.25) is 5.54 Å². The van der Waals surface area contributed by atoms with Crippen LogP contribution in [0.5, 0.6) is 0 Å². The van der Waals surface area contributed by atoms with Crippen LogP contribution in [0.3, 0.4) is 0 Å². The lowest BCUT2D eigenvalue weighted by atomic mass is 9.85. The third-order valence-electron chi connectivity index (χ3n) is 3.35. The van der Waals surface area contributed by atoms with Crippen LogP contribution in [0, 0.1) is 0 Å². The number of oxime groups is 1. The Hall–Kier alpha value is -2.17. The number of aliphatic imine (C=N–C) groups is 1. The van der Waals surface area contributed by atoms with Crippen molar-refractivity contribution >= 4 is 18.0 Å². The van der Waals surface area contributed by atoms with Crippen molar-refractivity contribution in [2.45, 2.75) is 31.7 Å². The van der Waals surface area contributed by atoms with Gasteiger partial charge in [-0.05, 0) is 12.0 Å². The zero-order valence-electron chi connectivity index (χ0n) is 12.7. The standard InChI is InChI=1S/C16H21N3O2/c1-4-8-14-16(15(20)21-18-14,17-12-19(2)3)11-13-9-6-5-7-10-13/h5-7,9-10,12H,4,8,11H2,1-3H3. The Morgan fingerprint density at radius 2 is 2.05 bits per heavy atom. The summed E-state index contributed by atoms with van der Waals surface area (Å²) in [6.45, 7) is 2.05. The molecule has 1 unspecified atom stereocenters. The Kier molecular flexibility index (Phi) is 4.73. The summed E-state index contributed by atoms with van der Waals surface area (Å²) in [5.41, 5.74) is 0.717. The molecule has 0 N–H and O–H groups in total. The highest BCUT2D eigenvalue weighted by Gasteiger charge is 2.49. The average molecular weight is 287 g/mol. The lowest BCUT2D eigenvalue weighted by Gasteiger charge is -2.22. The maximum atomic E-state index is 12.3. The van der Waals surface area contributed by atoms with Crippen molar-refractivity contribution in [3.05, 3.63) is 35.9 Å². The number of carbonyl (C=O) groups excluding carboxylic acids is 1. The molecule has 0 saturated heterocycles. The van der Waals surface area contributed by atoms with Crippen molar-refractivity contribution in [3.8, 4) is 0 Å². The first-order valence-corrected chi connectivity index (χ1v) is 7.13. The topological polar surface area (TPSA) is 54.3 Å². The van der Waals surface area contributed by atoms with Gasteiger partial charge >= 0.3 is 5.97 Å². The van der Waals surface area contributed by atoms with E-state index in [1.54, 1.807) is 6.34 Å². The SMILES string of the molecule is CCCC1=NOC(=O)C1(Cc1ccccc1)N=CN(C)C. The molecule has 5 heteroatoms. The molecule has 1 atom stereocenters. The van der Waals surface area contributed by atoms with Crippen LogP contribution in [0.15, 0.2) is 40.5 Å². The summed E-state index contributed by atoms with van der Waals surface area (Å²) in [4.78, 5) is 23.6. The molecule has 1 aliphatic heterocycles. The van der Waals surface area contributed by atoms with E-state index in [1.165, 1.54) is 0 Å². The average Bonchev–Trinajstić information content (AvgIpc) is 2.76. The molecule has 21 heavy (non-hydrogen) atoms. The largest absolute Gasteiger partial charge is 0.369 e. The Morgan fingerprint density at radius 3 is 2.67 bits per heavy atom. The third kappa shape index (κ3) is 3.29. The molecule has 5 nitrogen and oxygen atoms in total. The molecule has 1 aromatic carbocycles. The number of rotatable bonds is 6. The van der Waals surface area contributed by atoms with Crippen molar-refractivity contribution < 1.29 is 9.63 Å². The Balaban J connectivity index is 2.38. The second-order valence-corrected chi connectivity index (χ2v) is 5.40. The number of hydrogen-bond donors (Lipinski definition) is 0. The third-order valence-corrected chi connectivity index (χ3v) is 3.35. The van der Waals surface area contributed by atoms with E-state index in [-0.39, 0.29) is 0 Å². The molecule has 0 saturated carbocycles.